The summed E-state index contributed by atoms with van der Waals surface area (Å²) in [5, 5.41) is 1.000. The first-order valence-electron chi connectivity index (χ1n) is 8.29. The molecule has 4 amide bonds. The van der Waals surface area contributed by atoms with E-state index in [0.717, 1.165) is 50.8 Å². The minimum atomic E-state index is -0.765. The lowest BCUT2D eigenvalue weighted by molar-refractivity contribution is -0.143. The third-order valence-corrected chi connectivity index (χ3v) is 5.92. The fourth-order valence-corrected chi connectivity index (χ4v) is 4.53. The lowest BCUT2D eigenvalue weighted by Crippen LogP contribution is -2.45. The molecular formula is C17H18N4O3S. The molecule has 4 rings (SSSR count). The first kappa shape index (κ1) is 16.2. The molecule has 7 nitrogen and oxygen atoms in total. The summed E-state index contributed by atoms with van der Waals surface area (Å²) in [6.45, 7) is 0.907. The Balaban J connectivity index is 1.60. The summed E-state index contributed by atoms with van der Waals surface area (Å²) < 4.78 is 1.13. The number of likely N-dealkylation sites (tertiary alicyclic amines) is 1. The lowest BCUT2D eigenvalue weighted by atomic mass is 10.0. The summed E-state index contributed by atoms with van der Waals surface area (Å²) in [6, 6.07) is 7.50. The molecule has 2 saturated heterocycles. The quantitative estimate of drug-likeness (QED) is 0.621. The van der Waals surface area contributed by atoms with Crippen molar-refractivity contribution in [3.05, 3.63) is 29.3 Å². The minimum Gasteiger partial charge on any atom is -0.276 e. The minimum absolute atomic E-state index is 0.0627. The molecule has 0 radical (unpaired) electrons. The molecule has 8 heteroatoms. The number of nitrogens with zero attached hydrogens (tertiary/aromatic N) is 4. The number of para-hydroxylation sites is 1. The number of thiazole rings is 1. The number of amides is 4. The highest BCUT2D eigenvalue weighted by Crippen LogP contribution is 2.35. The summed E-state index contributed by atoms with van der Waals surface area (Å²) >= 11 is 1.65. The number of aromatic nitrogens is 1. The Morgan fingerprint density at radius 1 is 1.16 bits per heavy atom. The first-order valence-corrected chi connectivity index (χ1v) is 9.11. The van der Waals surface area contributed by atoms with Crippen molar-refractivity contribution in [1.82, 2.24) is 19.7 Å². The average molecular weight is 358 g/mol. The van der Waals surface area contributed by atoms with Crippen LogP contribution in [0, 0.1) is 0 Å². The number of rotatable bonds is 3. The second-order valence-electron chi connectivity index (χ2n) is 6.37. The molecule has 0 bridgehead atoms. The van der Waals surface area contributed by atoms with Crippen LogP contribution in [0.2, 0.25) is 0 Å². The van der Waals surface area contributed by atoms with Gasteiger partial charge < -0.3 is 0 Å². The van der Waals surface area contributed by atoms with E-state index in [-0.39, 0.29) is 12.7 Å². The third kappa shape index (κ3) is 2.71. The van der Waals surface area contributed by atoms with Gasteiger partial charge in [0.05, 0.1) is 22.9 Å². The molecule has 1 atom stereocenters. The van der Waals surface area contributed by atoms with Crippen LogP contribution in [0.25, 0.3) is 10.2 Å². The highest BCUT2D eigenvalue weighted by atomic mass is 32.1. The predicted octanol–water partition coefficient (Wildman–Crippen LogP) is 2.20. The van der Waals surface area contributed by atoms with Crippen LogP contribution in [-0.4, -0.2) is 57.8 Å². The summed E-state index contributed by atoms with van der Waals surface area (Å²) in [4.78, 5) is 44.7. The van der Waals surface area contributed by atoms with Gasteiger partial charge >= 0.3 is 17.8 Å². The molecule has 0 spiro atoms. The SMILES string of the molecule is CN1C(=O)C(=O)N(CN2CCCC[C@H]2c2nc3ccccc3s2)C1=O. The number of likely N-dealkylation sites (N-methyl/N-ethyl adjacent to an activating group) is 1. The maximum atomic E-state index is 12.2. The van der Waals surface area contributed by atoms with Crippen LogP contribution < -0.4 is 0 Å². The molecule has 2 aromatic rings. The number of hydrogen-bond acceptors (Lipinski definition) is 6. The van der Waals surface area contributed by atoms with Gasteiger partial charge in [0.15, 0.2) is 0 Å². The molecule has 0 N–H and O–H groups in total. The molecule has 2 fully saturated rings. The standard InChI is InChI=1S/C17H18N4O3S/c1-19-15(22)16(23)21(17(19)24)10-20-9-5-4-7-12(20)14-18-11-6-2-3-8-13(11)25-14/h2-3,6,8,12H,4-5,7,9-10H2,1H3/t12-/m0/s1. The third-order valence-electron chi connectivity index (χ3n) is 4.78. The number of hydrogen-bond donors (Lipinski definition) is 0. The van der Waals surface area contributed by atoms with Crippen molar-refractivity contribution >= 4 is 39.4 Å². The zero-order valence-electron chi connectivity index (χ0n) is 13.8. The van der Waals surface area contributed by atoms with Crippen LogP contribution in [0.3, 0.4) is 0 Å². The molecule has 0 saturated carbocycles. The van der Waals surface area contributed by atoms with Crippen molar-refractivity contribution in [3.8, 4) is 0 Å². The molecule has 130 valence electrons. The zero-order valence-corrected chi connectivity index (χ0v) is 14.7. The smallest absolute Gasteiger partial charge is 0.276 e. The second kappa shape index (κ2) is 6.20. The number of imide groups is 2. The molecular weight excluding hydrogens is 340 g/mol. The number of carbonyl (C=O) groups excluding carboxylic acids is 3. The molecule has 3 heterocycles. The molecule has 0 aliphatic carbocycles. The summed E-state index contributed by atoms with van der Waals surface area (Å²) in [6.07, 6.45) is 3.01. The molecule has 2 aliphatic heterocycles. The van der Waals surface area contributed by atoms with Crippen molar-refractivity contribution in [3.63, 3.8) is 0 Å². The van der Waals surface area contributed by atoms with E-state index in [0.29, 0.717) is 0 Å². The topological polar surface area (TPSA) is 73.8 Å². The predicted molar refractivity (Wildman–Crippen MR) is 92.8 cm³/mol. The van der Waals surface area contributed by atoms with E-state index in [2.05, 4.69) is 4.90 Å². The number of urea groups is 1. The highest BCUT2D eigenvalue weighted by molar-refractivity contribution is 7.18. The Morgan fingerprint density at radius 2 is 1.96 bits per heavy atom. The van der Waals surface area contributed by atoms with Crippen LogP contribution in [-0.2, 0) is 9.59 Å². The fraction of sp³-hybridized carbons (Fsp3) is 0.412. The highest BCUT2D eigenvalue weighted by Gasteiger charge is 2.44. The Bertz CT molecular complexity index is 831. The molecule has 25 heavy (non-hydrogen) atoms. The summed E-state index contributed by atoms with van der Waals surface area (Å²) in [5.74, 6) is -1.51. The van der Waals surface area contributed by atoms with Gasteiger partial charge in [0.1, 0.15) is 5.01 Å². The van der Waals surface area contributed by atoms with Crippen LogP contribution in [0.15, 0.2) is 24.3 Å². The Hall–Kier alpha value is -2.32. The van der Waals surface area contributed by atoms with E-state index < -0.39 is 17.8 Å². The summed E-state index contributed by atoms with van der Waals surface area (Å²) in [5.41, 5.74) is 0.969. The van der Waals surface area contributed by atoms with Gasteiger partial charge in [-0.2, -0.15) is 0 Å². The van der Waals surface area contributed by atoms with Crippen molar-refractivity contribution in [2.24, 2.45) is 0 Å². The van der Waals surface area contributed by atoms with E-state index in [1.54, 1.807) is 11.3 Å². The number of fused-ring (bicyclic) bond motifs is 1. The van der Waals surface area contributed by atoms with Gasteiger partial charge in [-0.3, -0.25) is 19.4 Å². The van der Waals surface area contributed by atoms with Gasteiger partial charge in [-0.1, -0.05) is 18.6 Å². The monoisotopic (exact) mass is 358 g/mol. The van der Waals surface area contributed by atoms with Gasteiger partial charge in [0.2, 0.25) is 0 Å². The number of carbonyl (C=O) groups is 3. The van der Waals surface area contributed by atoms with E-state index in [1.165, 1.54) is 7.05 Å². The van der Waals surface area contributed by atoms with Crippen LogP contribution in [0.4, 0.5) is 4.79 Å². The largest absolute Gasteiger partial charge is 0.335 e. The average Bonchev–Trinajstić information content (AvgIpc) is 3.14. The van der Waals surface area contributed by atoms with Crippen molar-refractivity contribution in [2.75, 3.05) is 20.3 Å². The molecule has 0 unspecified atom stereocenters. The van der Waals surface area contributed by atoms with Gasteiger partial charge in [0.25, 0.3) is 0 Å². The number of benzene rings is 1. The second-order valence-corrected chi connectivity index (χ2v) is 7.43. The normalized spacial score (nSPS) is 22.4. The van der Waals surface area contributed by atoms with Crippen LogP contribution in [0.5, 0.6) is 0 Å². The van der Waals surface area contributed by atoms with Gasteiger partial charge in [-0.15, -0.1) is 11.3 Å². The molecule has 1 aromatic heterocycles. The van der Waals surface area contributed by atoms with E-state index in [9.17, 15) is 14.4 Å². The molecule has 2 aliphatic rings. The zero-order chi connectivity index (χ0) is 17.6. The van der Waals surface area contributed by atoms with Gasteiger partial charge in [-0.05, 0) is 25.0 Å². The van der Waals surface area contributed by atoms with Crippen molar-refractivity contribution in [2.45, 2.75) is 25.3 Å². The Kier molecular flexibility index (Phi) is 4.01. The maximum absolute atomic E-state index is 12.2. The number of piperidine rings is 1. The van der Waals surface area contributed by atoms with Crippen molar-refractivity contribution in [1.29, 1.82) is 0 Å². The van der Waals surface area contributed by atoms with Gasteiger partial charge in [-0.25, -0.2) is 14.7 Å². The Labute approximate surface area is 148 Å². The van der Waals surface area contributed by atoms with E-state index in [4.69, 9.17) is 4.98 Å². The summed E-state index contributed by atoms with van der Waals surface area (Å²) in [7, 11) is 1.34. The van der Waals surface area contributed by atoms with Gasteiger partial charge in [0, 0.05) is 13.6 Å². The fourth-order valence-electron chi connectivity index (χ4n) is 3.39. The maximum Gasteiger partial charge on any atom is 0.335 e. The van der Waals surface area contributed by atoms with E-state index >= 15 is 0 Å². The Morgan fingerprint density at radius 3 is 2.68 bits per heavy atom. The van der Waals surface area contributed by atoms with Crippen LogP contribution in [0.1, 0.15) is 30.3 Å². The van der Waals surface area contributed by atoms with E-state index in [1.807, 2.05) is 24.3 Å². The van der Waals surface area contributed by atoms with Crippen molar-refractivity contribution < 1.29 is 14.4 Å². The first-order chi connectivity index (χ1) is 12.1. The lowest BCUT2D eigenvalue weighted by Gasteiger charge is -2.35. The van der Waals surface area contributed by atoms with Crippen LogP contribution >= 0.6 is 11.3 Å². The molecule has 1 aromatic carbocycles.